The lowest BCUT2D eigenvalue weighted by molar-refractivity contribution is -0.0110. The van der Waals surface area contributed by atoms with E-state index in [-0.39, 0.29) is 5.73 Å². The first-order valence-corrected chi connectivity index (χ1v) is 11.1. The van der Waals surface area contributed by atoms with Crippen LogP contribution in [0.15, 0.2) is 36.9 Å². The van der Waals surface area contributed by atoms with Crippen LogP contribution in [0.4, 0.5) is 0 Å². The van der Waals surface area contributed by atoms with Gasteiger partial charge in [0.15, 0.2) is 0 Å². The van der Waals surface area contributed by atoms with Gasteiger partial charge in [-0.05, 0) is 39.2 Å². The van der Waals surface area contributed by atoms with Gasteiger partial charge in [-0.1, -0.05) is 56.8 Å². The molecule has 0 saturated heterocycles. The third-order valence-corrected chi connectivity index (χ3v) is 6.80. The van der Waals surface area contributed by atoms with Gasteiger partial charge >= 0.3 is 8.80 Å². The highest BCUT2D eigenvalue weighted by Gasteiger charge is 2.49. The van der Waals surface area contributed by atoms with Gasteiger partial charge in [0.25, 0.3) is 0 Å². The zero-order chi connectivity index (χ0) is 19.0. The molecule has 5 heteroatoms. The molecular formula is C20H36O4Si. The molecule has 0 amide bonds. The molecule has 0 aliphatic heterocycles. The molecule has 25 heavy (non-hydrogen) atoms. The van der Waals surface area contributed by atoms with Gasteiger partial charge in [0.05, 0.1) is 0 Å². The molecule has 0 fully saturated rings. The Kier molecular flexibility index (Phi) is 14.7. The second-order valence-corrected chi connectivity index (χ2v) is 8.00. The topological polar surface area (TPSA) is 36.9 Å². The maximum Gasteiger partial charge on any atom is 0.531 e. The van der Waals surface area contributed by atoms with Crippen LogP contribution in [0.2, 0.25) is 0 Å². The van der Waals surface area contributed by atoms with Crippen molar-refractivity contribution in [2.45, 2.75) is 53.2 Å². The zero-order valence-electron chi connectivity index (χ0n) is 16.6. The van der Waals surface area contributed by atoms with E-state index < -0.39 is 8.80 Å². The maximum absolute atomic E-state index is 5.85. The van der Waals surface area contributed by atoms with Crippen molar-refractivity contribution in [3.8, 4) is 0 Å². The van der Waals surface area contributed by atoms with Gasteiger partial charge in [0, 0.05) is 26.4 Å². The zero-order valence-corrected chi connectivity index (χ0v) is 17.6. The van der Waals surface area contributed by atoms with Crippen LogP contribution < -0.4 is 0 Å². The van der Waals surface area contributed by atoms with Crippen LogP contribution in [0, 0.1) is 0 Å². The van der Waals surface area contributed by atoms with E-state index in [9.17, 15) is 0 Å². The van der Waals surface area contributed by atoms with E-state index in [1.54, 1.807) is 0 Å². The van der Waals surface area contributed by atoms with Crippen molar-refractivity contribution in [3.63, 3.8) is 0 Å². The second-order valence-electron chi connectivity index (χ2n) is 5.29. The van der Waals surface area contributed by atoms with Crippen LogP contribution in [0.25, 0.3) is 6.08 Å². The average Bonchev–Trinajstić information content (AvgIpc) is 2.64. The quantitative estimate of drug-likeness (QED) is 0.481. The molecule has 0 aliphatic rings. The first-order chi connectivity index (χ1) is 12.1. The van der Waals surface area contributed by atoms with E-state index in [0.717, 1.165) is 19.4 Å². The molecule has 1 aromatic rings. The van der Waals surface area contributed by atoms with Crippen molar-refractivity contribution >= 4 is 14.9 Å². The van der Waals surface area contributed by atoms with E-state index in [1.165, 1.54) is 5.56 Å². The van der Waals surface area contributed by atoms with E-state index in [4.69, 9.17) is 18.0 Å². The van der Waals surface area contributed by atoms with Crippen LogP contribution in [-0.4, -0.2) is 41.0 Å². The molecule has 0 aliphatic carbocycles. The number of rotatable bonds is 12. The van der Waals surface area contributed by atoms with Crippen molar-refractivity contribution in [1.29, 1.82) is 0 Å². The van der Waals surface area contributed by atoms with E-state index in [1.807, 2.05) is 57.2 Å². The highest BCUT2D eigenvalue weighted by Crippen LogP contribution is 2.20. The van der Waals surface area contributed by atoms with Gasteiger partial charge in [-0.15, -0.1) is 0 Å². The van der Waals surface area contributed by atoms with Crippen molar-refractivity contribution in [2.24, 2.45) is 0 Å². The Balaban J connectivity index is 0.000000593. The fourth-order valence-electron chi connectivity index (χ4n) is 2.33. The molecule has 0 bridgehead atoms. The van der Waals surface area contributed by atoms with Crippen LogP contribution in [0.3, 0.4) is 0 Å². The van der Waals surface area contributed by atoms with E-state index in [2.05, 4.69) is 20.4 Å². The third-order valence-electron chi connectivity index (χ3n) is 3.36. The minimum absolute atomic E-state index is 0.0534. The van der Waals surface area contributed by atoms with Crippen molar-refractivity contribution in [2.75, 3.05) is 26.4 Å². The fraction of sp³-hybridized carbons (Fsp3) is 0.600. The Labute approximate surface area is 155 Å². The van der Waals surface area contributed by atoms with Crippen molar-refractivity contribution < 1.29 is 18.0 Å². The number of hydrogen-bond donors (Lipinski definition) is 0. The predicted octanol–water partition coefficient (Wildman–Crippen LogP) is 5.11. The first-order valence-electron chi connectivity index (χ1n) is 9.34. The van der Waals surface area contributed by atoms with Crippen LogP contribution in [0.1, 0.15) is 53.0 Å². The molecule has 1 atom stereocenters. The normalized spacial score (nSPS) is 12.2. The third kappa shape index (κ3) is 9.33. The Morgan fingerprint density at radius 3 is 1.76 bits per heavy atom. The van der Waals surface area contributed by atoms with Crippen LogP contribution >= 0.6 is 0 Å². The summed E-state index contributed by atoms with van der Waals surface area (Å²) >= 11 is 0. The molecule has 1 aromatic carbocycles. The lowest BCUT2D eigenvalue weighted by Crippen LogP contribution is -2.57. The Morgan fingerprint density at radius 1 is 0.920 bits per heavy atom. The van der Waals surface area contributed by atoms with E-state index in [0.29, 0.717) is 19.8 Å². The molecule has 0 N–H and O–H groups in total. The van der Waals surface area contributed by atoms with Gasteiger partial charge in [-0.25, -0.2) is 0 Å². The monoisotopic (exact) mass is 368 g/mol. The summed E-state index contributed by atoms with van der Waals surface area (Å²) in [5.41, 5.74) is 1.12. The van der Waals surface area contributed by atoms with E-state index >= 15 is 0 Å². The molecular weight excluding hydrogens is 332 g/mol. The van der Waals surface area contributed by atoms with Crippen LogP contribution in [0.5, 0.6) is 0 Å². The van der Waals surface area contributed by atoms with Crippen LogP contribution in [-0.2, 0) is 18.0 Å². The molecule has 0 radical (unpaired) electrons. The average molecular weight is 369 g/mol. The number of benzene rings is 1. The maximum atomic E-state index is 5.85. The molecule has 0 heterocycles. The minimum atomic E-state index is -2.68. The molecule has 1 unspecified atom stereocenters. The number of hydrogen-bond acceptors (Lipinski definition) is 4. The summed E-state index contributed by atoms with van der Waals surface area (Å²) in [6.45, 7) is 16.2. The fourth-order valence-corrected chi connectivity index (χ4v) is 5.16. The van der Waals surface area contributed by atoms with Gasteiger partial charge in [-0.3, -0.25) is 0 Å². The molecule has 144 valence electrons. The Hall–Kier alpha value is -0.983. The highest BCUT2D eigenvalue weighted by molar-refractivity contribution is 6.62. The lowest BCUT2D eigenvalue weighted by atomic mass is 10.2. The standard InChI is InChI=1S/C12H28O4Si.C8H8/c1-6-11-13-12(7-2)17(14-8-3,15-9-4)16-10-5;1-2-8-6-4-3-5-7-8/h12H,6-11H2,1-5H3;2-7H,1H2. The van der Waals surface area contributed by atoms with Crippen molar-refractivity contribution in [3.05, 3.63) is 42.5 Å². The molecule has 0 spiro atoms. The largest absolute Gasteiger partial charge is 0.531 e. The summed E-state index contributed by atoms with van der Waals surface area (Å²) in [5, 5.41) is 0. The summed E-state index contributed by atoms with van der Waals surface area (Å²) in [7, 11) is -2.68. The van der Waals surface area contributed by atoms with Gasteiger partial charge in [-0.2, -0.15) is 0 Å². The highest BCUT2D eigenvalue weighted by atomic mass is 28.4. The lowest BCUT2D eigenvalue weighted by Gasteiger charge is -2.34. The Bertz CT molecular complexity index is 408. The SMILES string of the molecule is C=Cc1ccccc1.CCCOC(CC)[Si](OCC)(OCC)OCC. The summed E-state index contributed by atoms with van der Waals surface area (Å²) in [4.78, 5) is 0. The minimum Gasteiger partial charge on any atom is -0.374 e. The smallest absolute Gasteiger partial charge is 0.374 e. The van der Waals surface area contributed by atoms with Gasteiger partial charge in [0.2, 0.25) is 0 Å². The van der Waals surface area contributed by atoms with Gasteiger partial charge < -0.3 is 18.0 Å². The number of ether oxygens (including phenoxy) is 1. The predicted molar refractivity (Wildman–Crippen MR) is 107 cm³/mol. The summed E-state index contributed by atoms with van der Waals surface area (Å²) in [5.74, 6) is 0. The summed E-state index contributed by atoms with van der Waals surface area (Å²) in [6, 6.07) is 10.0. The van der Waals surface area contributed by atoms with Crippen molar-refractivity contribution in [1.82, 2.24) is 0 Å². The molecule has 1 rings (SSSR count). The van der Waals surface area contributed by atoms with Gasteiger partial charge in [0.1, 0.15) is 5.73 Å². The molecule has 0 saturated carbocycles. The summed E-state index contributed by atoms with van der Waals surface area (Å²) < 4.78 is 23.3. The summed E-state index contributed by atoms with van der Waals surface area (Å²) in [6.07, 6.45) is 3.68. The molecule has 0 aromatic heterocycles. The first kappa shape index (κ1) is 24.0. The molecule has 4 nitrogen and oxygen atoms in total. The second kappa shape index (κ2) is 15.3. The Morgan fingerprint density at radius 2 is 1.44 bits per heavy atom.